The second kappa shape index (κ2) is 7.68. The summed E-state index contributed by atoms with van der Waals surface area (Å²) in [6.45, 7) is 3.85. The Morgan fingerprint density at radius 2 is 1.96 bits per heavy atom. The van der Waals surface area contributed by atoms with Crippen molar-refractivity contribution in [3.63, 3.8) is 0 Å². The largest absolute Gasteiger partial charge is 0.465 e. The van der Waals surface area contributed by atoms with Crippen LogP contribution < -0.4 is 5.32 Å². The van der Waals surface area contributed by atoms with Gasteiger partial charge in [-0.1, -0.05) is 17.7 Å². The predicted molar refractivity (Wildman–Crippen MR) is 102 cm³/mol. The number of methoxy groups -OCH3 is 1. The molecule has 0 aliphatic carbocycles. The summed E-state index contributed by atoms with van der Waals surface area (Å²) >= 11 is 6.10. The number of fused-ring (bicyclic) bond motifs is 1. The number of hydrogen-bond donors (Lipinski definition) is 1. The van der Waals surface area contributed by atoms with Crippen LogP contribution in [0.1, 0.15) is 21.6 Å². The van der Waals surface area contributed by atoms with Gasteiger partial charge in [-0.3, -0.25) is 0 Å². The van der Waals surface area contributed by atoms with Gasteiger partial charge in [0.25, 0.3) is 0 Å². The number of aromatic nitrogens is 2. The van der Waals surface area contributed by atoms with Crippen LogP contribution in [0.25, 0.3) is 11.0 Å². The topological polar surface area (TPSA) is 64.1 Å². The van der Waals surface area contributed by atoms with Gasteiger partial charge in [0.05, 0.1) is 12.8 Å². The maximum absolute atomic E-state index is 12.1. The van der Waals surface area contributed by atoms with Crippen molar-refractivity contribution in [2.75, 3.05) is 12.4 Å². The number of rotatable bonds is 3. The number of nitrogens with zero attached hydrogens (tertiary/aromatic N) is 2. The van der Waals surface area contributed by atoms with E-state index in [9.17, 15) is 4.79 Å². The fourth-order valence-corrected chi connectivity index (χ4v) is 2.61. The van der Waals surface area contributed by atoms with Crippen LogP contribution >= 0.6 is 24.0 Å². The van der Waals surface area contributed by atoms with Gasteiger partial charge in [0.1, 0.15) is 5.56 Å². The number of nitrogens with one attached hydrogen (secondary N) is 1. The average molecular weight is 378 g/mol. The van der Waals surface area contributed by atoms with Gasteiger partial charge in [-0.15, -0.1) is 12.4 Å². The zero-order valence-corrected chi connectivity index (χ0v) is 15.5. The van der Waals surface area contributed by atoms with E-state index >= 15 is 0 Å². The number of aryl methyl sites for hydroxylation is 2. The second-order valence-corrected chi connectivity index (χ2v) is 5.88. The maximum Gasteiger partial charge on any atom is 0.341 e. The molecule has 0 radical (unpaired) electrons. The minimum absolute atomic E-state index is 0. The lowest BCUT2D eigenvalue weighted by molar-refractivity contribution is 0.0601. The molecule has 0 fully saturated rings. The zero-order chi connectivity index (χ0) is 17.3. The first kappa shape index (κ1) is 19.0. The van der Waals surface area contributed by atoms with E-state index in [4.69, 9.17) is 16.3 Å². The minimum atomic E-state index is -0.466. The molecule has 5 nitrogen and oxygen atoms in total. The van der Waals surface area contributed by atoms with Crippen molar-refractivity contribution in [2.24, 2.45) is 0 Å². The van der Waals surface area contributed by atoms with E-state index in [0.717, 1.165) is 22.3 Å². The molecule has 2 heterocycles. The van der Waals surface area contributed by atoms with E-state index in [2.05, 4.69) is 15.3 Å². The Kier molecular flexibility index (Phi) is 5.82. The summed E-state index contributed by atoms with van der Waals surface area (Å²) in [5, 5.41) is 4.64. The molecule has 3 aromatic rings. The van der Waals surface area contributed by atoms with Gasteiger partial charge >= 0.3 is 5.97 Å². The van der Waals surface area contributed by atoms with Crippen LogP contribution in [-0.2, 0) is 4.74 Å². The zero-order valence-electron chi connectivity index (χ0n) is 14.0. The maximum atomic E-state index is 12.1. The van der Waals surface area contributed by atoms with Crippen LogP contribution in [0, 0.1) is 13.8 Å². The molecule has 3 rings (SSSR count). The van der Waals surface area contributed by atoms with Crippen molar-refractivity contribution in [3.8, 4) is 0 Å². The number of hydrogen-bond acceptors (Lipinski definition) is 5. The highest BCUT2D eigenvalue weighted by Gasteiger charge is 2.17. The van der Waals surface area contributed by atoms with E-state index < -0.39 is 5.97 Å². The van der Waals surface area contributed by atoms with Gasteiger partial charge in [-0.05, 0) is 43.7 Å². The molecule has 0 aliphatic heterocycles. The highest BCUT2D eigenvalue weighted by Crippen LogP contribution is 2.31. The minimum Gasteiger partial charge on any atom is -0.465 e. The number of anilines is 2. The molecule has 1 aromatic carbocycles. The third kappa shape index (κ3) is 3.83. The molecular weight excluding hydrogens is 361 g/mol. The Balaban J connectivity index is 0.00000225. The summed E-state index contributed by atoms with van der Waals surface area (Å²) in [4.78, 5) is 20.8. The molecule has 0 amide bonds. The van der Waals surface area contributed by atoms with Crippen molar-refractivity contribution in [1.29, 1.82) is 0 Å². The SMILES string of the molecule is COC(=O)c1cnc2nc(C)ccc2c1Nc1cc(Cl)ccc1C.Cl. The van der Waals surface area contributed by atoms with Crippen LogP contribution in [0.2, 0.25) is 5.02 Å². The average Bonchev–Trinajstić information content (AvgIpc) is 2.57. The molecule has 0 atom stereocenters. The number of benzene rings is 1. The van der Waals surface area contributed by atoms with E-state index in [1.54, 1.807) is 0 Å². The smallest absolute Gasteiger partial charge is 0.341 e. The molecule has 1 N–H and O–H groups in total. The number of halogens is 2. The molecule has 0 aliphatic rings. The van der Waals surface area contributed by atoms with Crippen LogP contribution in [0.5, 0.6) is 0 Å². The van der Waals surface area contributed by atoms with Crippen molar-refractivity contribution >= 4 is 52.4 Å². The highest BCUT2D eigenvalue weighted by molar-refractivity contribution is 6.30. The molecule has 0 saturated heterocycles. The van der Waals surface area contributed by atoms with E-state index in [-0.39, 0.29) is 12.4 Å². The van der Waals surface area contributed by atoms with Crippen LogP contribution in [0.15, 0.2) is 36.5 Å². The summed E-state index contributed by atoms with van der Waals surface area (Å²) in [7, 11) is 1.34. The van der Waals surface area contributed by atoms with Gasteiger partial charge in [0, 0.05) is 28.0 Å². The monoisotopic (exact) mass is 377 g/mol. The third-order valence-electron chi connectivity index (χ3n) is 3.73. The summed E-state index contributed by atoms with van der Waals surface area (Å²) in [6.07, 6.45) is 1.48. The van der Waals surface area contributed by atoms with Crippen molar-refractivity contribution in [3.05, 3.63) is 58.4 Å². The number of ether oxygens (including phenoxy) is 1. The second-order valence-electron chi connectivity index (χ2n) is 5.45. The van der Waals surface area contributed by atoms with Gasteiger partial charge in [0.15, 0.2) is 5.65 Å². The molecular formula is C18H17Cl2N3O2. The Labute approximate surface area is 156 Å². The highest BCUT2D eigenvalue weighted by atomic mass is 35.5. The number of pyridine rings is 2. The van der Waals surface area contributed by atoms with Crippen LogP contribution in [0.4, 0.5) is 11.4 Å². The number of carbonyl (C=O) groups is 1. The lowest BCUT2D eigenvalue weighted by Gasteiger charge is -2.15. The molecule has 2 aromatic heterocycles. The fraction of sp³-hybridized carbons (Fsp3) is 0.167. The van der Waals surface area contributed by atoms with Crippen molar-refractivity contribution < 1.29 is 9.53 Å². The molecule has 0 bridgehead atoms. The Morgan fingerprint density at radius 1 is 1.20 bits per heavy atom. The molecule has 0 unspecified atom stereocenters. The van der Waals surface area contributed by atoms with Gasteiger partial charge in [-0.25, -0.2) is 14.8 Å². The lowest BCUT2D eigenvalue weighted by atomic mass is 10.1. The van der Waals surface area contributed by atoms with Crippen molar-refractivity contribution in [2.45, 2.75) is 13.8 Å². The predicted octanol–water partition coefficient (Wildman–Crippen LogP) is 4.85. The standard InChI is InChI=1S/C18H16ClN3O2.ClH/c1-10-4-6-12(19)8-15(10)22-16-13-7-5-11(2)21-17(13)20-9-14(16)18(23)24-3;/h4-9H,1-3H3,(H,20,21,22);1H. The quantitative estimate of drug-likeness (QED) is 0.660. The Bertz CT molecular complexity index is 945. The van der Waals surface area contributed by atoms with E-state index in [0.29, 0.717) is 21.9 Å². The lowest BCUT2D eigenvalue weighted by Crippen LogP contribution is -2.08. The van der Waals surface area contributed by atoms with E-state index in [1.165, 1.54) is 13.3 Å². The Hall–Kier alpha value is -2.37. The summed E-state index contributed by atoms with van der Waals surface area (Å²) in [5.41, 5.74) is 4.16. The third-order valence-corrected chi connectivity index (χ3v) is 3.97. The summed E-state index contributed by atoms with van der Waals surface area (Å²) in [5.74, 6) is -0.466. The Morgan fingerprint density at radius 3 is 2.68 bits per heavy atom. The van der Waals surface area contributed by atoms with E-state index in [1.807, 2.05) is 44.2 Å². The molecule has 0 saturated carbocycles. The first-order valence-corrected chi connectivity index (χ1v) is 7.75. The van der Waals surface area contributed by atoms with Crippen LogP contribution in [-0.4, -0.2) is 23.0 Å². The first-order chi connectivity index (χ1) is 11.5. The fourth-order valence-electron chi connectivity index (χ4n) is 2.43. The summed E-state index contributed by atoms with van der Waals surface area (Å²) in [6, 6.07) is 9.30. The number of carbonyl (C=O) groups excluding carboxylic acids is 1. The van der Waals surface area contributed by atoms with Gasteiger partial charge in [-0.2, -0.15) is 0 Å². The van der Waals surface area contributed by atoms with Gasteiger partial charge < -0.3 is 10.1 Å². The molecule has 7 heteroatoms. The first-order valence-electron chi connectivity index (χ1n) is 7.37. The molecule has 25 heavy (non-hydrogen) atoms. The number of esters is 1. The molecule has 130 valence electrons. The normalized spacial score (nSPS) is 10.2. The molecule has 0 spiro atoms. The van der Waals surface area contributed by atoms with Crippen LogP contribution in [0.3, 0.4) is 0 Å². The summed E-state index contributed by atoms with van der Waals surface area (Å²) < 4.78 is 4.88. The van der Waals surface area contributed by atoms with Crippen molar-refractivity contribution in [1.82, 2.24) is 9.97 Å². The van der Waals surface area contributed by atoms with Gasteiger partial charge in [0.2, 0.25) is 0 Å².